The zero-order valence-corrected chi connectivity index (χ0v) is 9.66. The maximum absolute atomic E-state index is 11.9. The number of carbonyl (C=O) groups excluding carboxylic acids is 1. The highest BCUT2D eigenvalue weighted by atomic mass is 16.5. The zero-order chi connectivity index (χ0) is 11.7. The lowest BCUT2D eigenvalue weighted by Gasteiger charge is -2.11. The number of fused-ring (bicyclic) bond motifs is 1. The van der Waals surface area contributed by atoms with Crippen LogP contribution in [0.15, 0.2) is 18.2 Å². The largest absolute Gasteiger partial charge is 0.372 e. The van der Waals surface area contributed by atoms with E-state index in [1.54, 1.807) is 0 Å². The van der Waals surface area contributed by atoms with E-state index in [2.05, 4.69) is 10.6 Å². The molecule has 2 N–H and O–H groups in total. The summed E-state index contributed by atoms with van der Waals surface area (Å²) in [5, 5.41) is 6.15. The van der Waals surface area contributed by atoms with Gasteiger partial charge in [-0.2, -0.15) is 0 Å². The first-order chi connectivity index (χ1) is 8.33. The van der Waals surface area contributed by atoms with Crippen molar-refractivity contribution >= 4 is 11.6 Å². The van der Waals surface area contributed by atoms with Gasteiger partial charge in [-0.25, -0.2) is 0 Å². The third kappa shape index (κ3) is 2.18. The third-order valence-corrected chi connectivity index (χ3v) is 3.37. The lowest BCUT2D eigenvalue weighted by molar-refractivity contribution is -0.117. The topological polar surface area (TPSA) is 50.4 Å². The number of ether oxygens (including phenoxy) is 1. The Balaban J connectivity index is 1.70. The van der Waals surface area contributed by atoms with Crippen LogP contribution in [0, 0.1) is 0 Å². The zero-order valence-electron chi connectivity index (χ0n) is 9.66. The van der Waals surface area contributed by atoms with Gasteiger partial charge in [0.15, 0.2) is 0 Å². The number of nitrogens with one attached hydrogen (secondary N) is 2. The summed E-state index contributed by atoms with van der Waals surface area (Å²) >= 11 is 0. The minimum atomic E-state index is -0.0282. The van der Waals surface area contributed by atoms with Crippen molar-refractivity contribution in [2.24, 2.45) is 0 Å². The highest BCUT2D eigenvalue weighted by Crippen LogP contribution is 2.23. The van der Waals surface area contributed by atoms with Crippen molar-refractivity contribution in [2.45, 2.75) is 32.1 Å². The number of hydrogen-bond acceptors (Lipinski definition) is 3. The minimum Gasteiger partial charge on any atom is -0.372 e. The van der Waals surface area contributed by atoms with Crippen LogP contribution < -0.4 is 10.6 Å². The molecule has 3 rings (SSSR count). The molecule has 0 unspecified atom stereocenters. The number of hydrogen-bond donors (Lipinski definition) is 2. The molecule has 2 aliphatic rings. The first kappa shape index (κ1) is 10.7. The molecule has 1 atom stereocenters. The van der Waals surface area contributed by atoms with Crippen LogP contribution in [0.2, 0.25) is 0 Å². The lowest BCUT2D eigenvalue weighted by Crippen LogP contribution is -2.35. The Labute approximate surface area is 100 Å². The molecule has 0 aromatic heterocycles. The first-order valence-corrected chi connectivity index (χ1v) is 6.07. The van der Waals surface area contributed by atoms with Crippen molar-refractivity contribution in [3.05, 3.63) is 29.3 Å². The molecule has 90 valence electrons. The van der Waals surface area contributed by atoms with E-state index in [-0.39, 0.29) is 11.9 Å². The second-order valence-corrected chi connectivity index (χ2v) is 4.61. The van der Waals surface area contributed by atoms with Gasteiger partial charge < -0.3 is 15.4 Å². The summed E-state index contributed by atoms with van der Waals surface area (Å²) in [4.78, 5) is 11.9. The molecule has 1 saturated heterocycles. The fourth-order valence-electron chi connectivity index (χ4n) is 2.39. The van der Waals surface area contributed by atoms with Gasteiger partial charge in [-0.1, -0.05) is 6.07 Å². The second-order valence-electron chi connectivity index (χ2n) is 4.61. The summed E-state index contributed by atoms with van der Waals surface area (Å²) < 4.78 is 5.35. The SMILES string of the molecule is O=C(Nc1ccc2c(c1)COC2)[C@H]1CCCN1. The molecule has 1 amide bonds. The molecule has 1 fully saturated rings. The number of anilines is 1. The average molecular weight is 232 g/mol. The van der Waals surface area contributed by atoms with Crippen molar-refractivity contribution in [1.29, 1.82) is 0 Å². The smallest absolute Gasteiger partial charge is 0.241 e. The van der Waals surface area contributed by atoms with Crippen molar-refractivity contribution in [3.63, 3.8) is 0 Å². The van der Waals surface area contributed by atoms with Crippen LogP contribution in [0.3, 0.4) is 0 Å². The maximum Gasteiger partial charge on any atom is 0.241 e. The lowest BCUT2D eigenvalue weighted by atomic mass is 10.1. The molecule has 0 radical (unpaired) electrons. The van der Waals surface area contributed by atoms with Gasteiger partial charge in [0.1, 0.15) is 0 Å². The van der Waals surface area contributed by atoms with Crippen molar-refractivity contribution in [1.82, 2.24) is 5.32 Å². The summed E-state index contributed by atoms with van der Waals surface area (Å²) in [7, 11) is 0. The van der Waals surface area contributed by atoms with E-state index >= 15 is 0 Å². The molecule has 0 aliphatic carbocycles. The molecule has 0 saturated carbocycles. The van der Waals surface area contributed by atoms with Crippen LogP contribution in [0.25, 0.3) is 0 Å². The Morgan fingerprint density at radius 2 is 2.24 bits per heavy atom. The number of rotatable bonds is 2. The van der Waals surface area contributed by atoms with Crippen molar-refractivity contribution < 1.29 is 9.53 Å². The van der Waals surface area contributed by atoms with E-state index in [0.717, 1.165) is 25.1 Å². The Morgan fingerprint density at radius 1 is 1.35 bits per heavy atom. The van der Waals surface area contributed by atoms with Gasteiger partial charge in [0.25, 0.3) is 0 Å². The molecule has 0 spiro atoms. The molecule has 4 nitrogen and oxygen atoms in total. The van der Waals surface area contributed by atoms with E-state index < -0.39 is 0 Å². The summed E-state index contributed by atoms with van der Waals surface area (Å²) in [5.74, 6) is 0.0707. The van der Waals surface area contributed by atoms with Gasteiger partial charge in [0, 0.05) is 5.69 Å². The number of amides is 1. The molecule has 17 heavy (non-hydrogen) atoms. The molecular weight excluding hydrogens is 216 g/mol. The summed E-state index contributed by atoms with van der Waals surface area (Å²) in [6, 6.07) is 5.95. The second kappa shape index (κ2) is 4.47. The Bertz CT molecular complexity index is 439. The standard InChI is InChI=1S/C13H16N2O2/c16-13(12-2-1-5-14-12)15-11-4-3-9-7-17-8-10(9)6-11/h3-4,6,12,14H,1-2,5,7-8H2,(H,15,16)/t12-/m1/s1. The monoisotopic (exact) mass is 232 g/mol. The van der Waals surface area contributed by atoms with Gasteiger partial charge in [0.2, 0.25) is 5.91 Å². The molecule has 2 aliphatic heterocycles. The van der Waals surface area contributed by atoms with Crippen LogP contribution in [-0.2, 0) is 22.7 Å². The molecule has 1 aromatic rings. The van der Waals surface area contributed by atoms with Gasteiger partial charge in [-0.15, -0.1) is 0 Å². The predicted octanol–water partition coefficient (Wildman–Crippen LogP) is 1.41. The third-order valence-electron chi connectivity index (χ3n) is 3.37. The highest BCUT2D eigenvalue weighted by Gasteiger charge is 2.22. The predicted molar refractivity (Wildman–Crippen MR) is 64.6 cm³/mol. The van der Waals surface area contributed by atoms with Crippen LogP contribution in [0.5, 0.6) is 0 Å². The van der Waals surface area contributed by atoms with Crippen LogP contribution in [0.1, 0.15) is 24.0 Å². The van der Waals surface area contributed by atoms with Gasteiger partial charge in [-0.05, 0) is 42.6 Å². The fraction of sp³-hybridized carbons (Fsp3) is 0.462. The summed E-state index contributed by atoms with van der Waals surface area (Å²) in [5.41, 5.74) is 3.28. The van der Waals surface area contributed by atoms with Crippen LogP contribution >= 0.6 is 0 Å². The molecular formula is C13H16N2O2. The quantitative estimate of drug-likeness (QED) is 0.810. The molecule has 1 aromatic carbocycles. The fourth-order valence-corrected chi connectivity index (χ4v) is 2.39. The van der Waals surface area contributed by atoms with E-state index in [0.29, 0.717) is 13.2 Å². The van der Waals surface area contributed by atoms with E-state index in [4.69, 9.17) is 4.74 Å². The van der Waals surface area contributed by atoms with E-state index in [1.165, 1.54) is 11.1 Å². The molecule has 0 bridgehead atoms. The average Bonchev–Trinajstić information content (AvgIpc) is 2.99. The summed E-state index contributed by atoms with van der Waals surface area (Å²) in [6.07, 6.45) is 2.01. The number of benzene rings is 1. The maximum atomic E-state index is 11.9. The first-order valence-electron chi connectivity index (χ1n) is 6.07. The van der Waals surface area contributed by atoms with Gasteiger partial charge in [0.05, 0.1) is 19.3 Å². The Kier molecular flexibility index (Phi) is 2.82. The van der Waals surface area contributed by atoms with Crippen molar-refractivity contribution in [2.75, 3.05) is 11.9 Å². The molecule has 4 heteroatoms. The summed E-state index contributed by atoms with van der Waals surface area (Å²) in [6.45, 7) is 2.28. The van der Waals surface area contributed by atoms with Crippen LogP contribution in [-0.4, -0.2) is 18.5 Å². The van der Waals surface area contributed by atoms with Crippen molar-refractivity contribution in [3.8, 4) is 0 Å². The Hall–Kier alpha value is -1.39. The highest BCUT2D eigenvalue weighted by molar-refractivity contribution is 5.95. The number of carbonyl (C=O) groups is 1. The normalized spacial score (nSPS) is 22.5. The Morgan fingerprint density at radius 3 is 3.06 bits per heavy atom. The van der Waals surface area contributed by atoms with E-state index in [9.17, 15) is 4.79 Å². The van der Waals surface area contributed by atoms with E-state index in [1.807, 2.05) is 18.2 Å². The van der Waals surface area contributed by atoms with Crippen LogP contribution in [0.4, 0.5) is 5.69 Å². The van der Waals surface area contributed by atoms with Gasteiger partial charge >= 0.3 is 0 Å². The van der Waals surface area contributed by atoms with Gasteiger partial charge in [-0.3, -0.25) is 4.79 Å². The molecule has 2 heterocycles. The minimum absolute atomic E-state index is 0.0282.